The van der Waals surface area contributed by atoms with Crippen LogP contribution in [0.3, 0.4) is 0 Å². The summed E-state index contributed by atoms with van der Waals surface area (Å²) in [7, 11) is 2.93. The van der Waals surface area contributed by atoms with E-state index in [9.17, 15) is 34.3 Å². The Balaban J connectivity index is 1.67. The Morgan fingerprint density at radius 1 is 0.981 bits per heavy atom. The minimum absolute atomic E-state index is 0.0312. The molecule has 2 N–H and O–H groups in total. The number of aromatic carboxylic acids is 1. The number of fused-ring (bicyclic) bond motifs is 2. The van der Waals surface area contributed by atoms with Gasteiger partial charge in [0, 0.05) is 18.2 Å². The minimum atomic E-state index is -1.38. The number of anilines is 2. The lowest BCUT2D eigenvalue weighted by molar-refractivity contribution is -0.130. The molecule has 1 aliphatic rings. The van der Waals surface area contributed by atoms with Crippen molar-refractivity contribution in [3.05, 3.63) is 101 Å². The van der Waals surface area contributed by atoms with Crippen LogP contribution in [-0.4, -0.2) is 77.7 Å². The summed E-state index contributed by atoms with van der Waals surface area (Å²) in [4.78, 5) is 71.8. The first-order valence-electron chi connectivity index (χ1n) is 16.9. The van der Waals surface area contributed by atoms with Gasteiger partial charge in [-0.2, -0.15) is 5.26 Å². The first-order valence-corrected chi connectivity index (χ1v) is 16.9. The van der Waals surface area contributed by atoms with Gasteiger partial charge in [0.1, 0.15) is 23.4 Å². The normalized spacial score (nSPS) is 16.2. The molecule has 0 fully saturated rings. The molecular weight excluding hydrogens is 678 g/mol. The van der Waals surface area contributed by atoms with Crippen molar-refractivity contribution in [2.75, 3.05) is 24.0 Å². The number of nitrogens with one attached hydrogen (secondary N) is 1. The van der Waals surface area contributed by atoms with Gasteiger partial charge in [-0.3, -0.25) is 19.3 Å². The Kier molecular flexibility index (Phi) is 10.7. The number of carboxylic acid groups (broad SMARTS) is 1. The van der Waals surface area contributed by atoms with Crippen molar-refractivity contribution < 1.29 is 38.6 Å². The maximum Gasteiger partial charge on any atom is 0.410 e. The Hall–Kier alpha value is -6.42. The highest BCUT2D eigenvalue weighted by Gasteiger charge is 2.44. The number of amides is 4. The highest BCUT2D eigenvalue weighted by molar-refractivity contribution is 6.14. The van der Waals surface area contributed by atoms with Gasteiger partial charge in [0.05, 0.1) is 48.3 Å². The molecule has 0 unspecified atom stereocenters. The lowest BCUT2D eigenvalue weighted by Crippen LogP contribution is -2.60. The number of likely N-dealkylation sites (N-methyl/N-ethyl adjacent to an activating group) is 1. The number of methoxy groups -OCH3 is 1. The zero-order chi connectivity index (χ0) is 38.8. The van der Waals surface area contributed by atoms with Crippen molar-refractivity contribution in [1.29, 1.82) is 5.26 Å². The van der Waals surface area contributed by atoms with Gasteiger partial charge in [0.2, 0.25) is 5.91 Å². The van der Waals surface area contributed by atoms with Crippen LogP contribution in [0, 0.1) is 11.3 Å². The summed E-state index contributed by atoms with van der Waals surface area (Å²) < 4.78 is 11.2. The Bertz CT molecular complexity index is 2140. The zero-order valence-corrected chi connectivity index (χ0v) is 30.5. The number of carbonyl (C=O) groups is 5. The topological polar surface area (TPSA) is 170 Å². The molecule has 5 rings (SSSR count). The standard InChI is InChI=1S/C40H41N5O8/c1-23-34(42-35(46)24(2)43(6)39(51)53-40(3,4)5)37(48)44(22-30-29-11-9-8-10-26(29)17-19-33(30)52-7)31-18-12-25(21-41)20-32(31)45(23)36(47)27-13-15-28(16-14-27)38(49)50/h8-20,23-24,34H,22H2,1-7H3,(H,42,46)(H,49,50)/t23-,24-,34-/m0/s1. The van der Waals surface area contributed by atoms with Gasteiger partial charge >= 0.3 is 12.1 Å². The fraction of sp³-hybridized carbons (Fsp3) is 0.300. The van der Waals surface area contributed by atoms with Gasteiger partial charge < -0.3 is 29.7 Å². The quantitative estimate of drug-likeness (QED) is 0.231. The van der Waals surface area contributed by atoms with Crippen LogP contribution in [-0.2, 0) is 20.9 Å². The van der Waals surface area contributed by atoms with E-state index in [0.717, 1.165) is 15.7 Å². The average molecular weight is 720 g/mol. The number of ether oxygens (including phenoxy) is 2. The second-order valence-electron chi connectivity index (χ2n) is 13.8. The number of nitriles is 1. The lowest BCUT2D eigenvalue weighted by atomic mass is 10.0. The van der Waals surface area contributed by atoms with Gasteiger partial charge in [-0.15, -0.1) is 0 Å². The summed E-state index contributed by atoms with van der Waals surface area (Å²) in [6.07, 6.45) is -0.747. The predicted molar refractivity (Wildman–Crippen MR) is 198 cm³/mol. The van der Waals surface area contributed by atoms with E-state index >= 15 is 0 Å². The Labute approximate surface area is 307 Å². The van der Waals surface area contributed by atoms with Crippen LogP contribution in [0.4, 0.5) is 16.2 Å². The summed E-state index contributed by atoms with van der Waals surface area (Å²) in [5.74, 6) is -2.54. The SMILES string of the molecule is COc1ccc2ccccc2c1CN1C(=O)[C@@H](NC(=O)[C@H](C)N(C)C(=O)OC(C)(C)C)[C@H](C)N(C(=O)c2ccc(C(=O)O)cc2)c2cc(C#N)ccc21. The number of nitrogens with zero attached hydrogens (tertiary/aromatic N) is 4. The molecule has 0 aliphatic carbocycles. The highest BCUT2D eigenvalue weighted by Crippen LogP contribution is 2.40. The fourth-order valence-corrected chi connectivity index (χ4v) is 6.18. The van der Waals surface area contributed by atoms with E-state index in [1.807, 2.05) is 30.3 Å². The summed E-state index contributed by atoms with van der Waals surface area (Å²) in [6.45, 7) is 8.13. The molecule has 3 atom stereocenters. The van der Waals surface area contributed by atoms with Crippen molar-refractivity contribution in [2.45, 2.75) is 64.9 Å². The number of carboxylic acids is 1. The summed E-state index contributed by atoms with van der Waals surface area (Å²) >= 11 is 0. The lowest BCUT2D eigenvalue weighted by Gasteiger charge is -2.34. The van der Waals surface area contributed by atoms with E-state index in [1.165, 1.54) is 67.3 Å². The third-order valence-electron chi connectivity index (χ3n) is 9.15. The summed E-state index contributed by atoms with van der Waals surface area (Å²) in [5, 5.41) is 23.9. The molecule has 4 aromatic carbocycles. The molecule has 1 heterocycles. The smallest absolute Gasteiger partial charge is 0.410 e. The monoisotopic (exact) mass is 719 g/mol. The van der Waals surface area contributed by atoms with E-state index in [1.54, 1.807) is 39.8 Å². The van der Waals surface area contributed by atoms with Crippen LogP contribution in [0.5, 0.6) is 5.75 Å². The molecule has 0 bridgehead atoms. The largest absolute Gasteiger partial charge is 0.496 e. The van der Waals surface area contributed by atoms with Crippen molar-refractivity contribution in [3.8, 4) is 11.8 Å². The molecule has 13 nitrogen and oxygen atoms in total. The van der Waals surface area contributed by atoms with Crippen molar-refractivity contribution >= 4 is 51.9 Å². The van der Waals surface area contributed by atoms with E-state index in [-0.39, 0.29) is 34.6 Å². The summed E-state index contributed by atoms with van der Waals surface area (Å²) in [6, 6.07) is 19.8. The molecule has 0 saturated heterocycles. The van der Waals surface area contributed by atoms with Gasteiger partial charge in [-0.25, -0.2) is 9.59 Å². The molecule has 0 aromatic heterocycles. The average Bonchev–Trinajstić information content (AvgIpc) is 3.21. The fourth-order valence-electron chi connectivity index (χ4n) is 6.18. The predicted octanol–water partition coefficient (Wildman–Crippen LogP) is 5.74. The summed E-state index contributed by atoms with van der Waals surface area (Å²) in [5.41, 5.74) is 0.614. The van der Waals surface area contributed by atoms with Crippen molar-refractivity contribution in [1.82, 2.24) is 10.2 Å². The molecule has 274 valence electrons. The molecule has 1 aliphatic heterocycles. The molecule has 0 radical (unpaired) electrons. The van der Waals surface area contributed by atoms with Crippen molar-refractivity contribution in [2.24, 2.45) is 0 Å². The van der Waals surface area contributed by atoms with Crippen LogP contribution in [0.15, 0.2) is 78.9 Å². The molecule has 0 spiro atoms. The molecule has 0 saturated carbocycles. The van der Waals surface area contributed by atoms with Crippen LogP contribution >= 0.6 is 0 Å². The van der Waals surface area contributed by atoms with Crippen molar-refractivity contribution in [3.63, 3.8) is 0 Å². The molecule has 4 aromatic rings. The Morgan fingerprint density at radius 2 is 1.64 bits per heavy atom. The first kappa shape index (κ1) is 37.8. The highest BCUT2D eigenvalue weighted by atomic mass is 16.6. The number of hydrogen-bond donors (Lipinski definition) is 2. The maximum atomic E-state index is 15.0. The zero-order valence-electron chi connectivity index (χ0n) is 30.5. The van der Waals surface area contributed by atoms with Crippen LogP contribution in [0.2, 0.25) is 0 Å². The van der Waals surface area contributed by atoms with Crippen LogP contribution in [0.25, 0.3) is 10.8 Å². The minimum Gasteiger partial charge on any atom is -0.496 e. The number of hydrogen-bond acceptors (Lipinski definition) is 8. The molecular formula is C40H41N5O8. The second-order valence-corrected chi connectivity index (χ2v) is 13.8. The molecule has 13 heteroatoms. The van der Waals surface area contributed by atoms with Gasteiger partial charge in [0.25, 0.3) is 11.8 Å². The molecule has 53 heavy (non-hydrogen) atoms. The van der Waals surface area contributed by atoms with E-state index in [0.29, 0.717) is 11.3 Å². The number of carbonyl (C=O) groups excluding carboxylic acids is 4. The number of benzene rings is 4. The third kappa shape index (κ3) is 7.77. The molecule has 4 amide bonds. The third-order valence-corrected chi connectivity index (χ3v) is 9.15. The van der Waals surface area contributed by atoms with Crippen LogP contribution in [0.1, 0.15) is 66.5 Å². The second kappa shape index (κ2) is 15.1. The van der Waals surface area contributed by atoms with E-state index in [4.69, 9.17) is 9.47 Å². The van der Waals surface area contributed by atoms with Gasteiger partial charge in [0.15, 0.2) is 0 Å². The van der Waals surface area contributed by atoms with Crippen LogP contribution < -0.4 is 19.9 Å². The van der Waals surface area contributed by atoms with E-state index < -0.39 is 53.5 Å². The van der Waals surface area contributed by atoms with Gasteiger partial charge in [-0.1, -0.05) is 30.3 Å². The first-order chi connectivity index (χ1) is 25.1. The van der Waals surface area contributed by atoms with E-state index in [2.05, 4.69) is 11.4 Å². The number of rotatable bonds is 8. The maximum absolute atomic E-state index is 15.0. The Morgan fingerprint density at radius 3 is 2.26 bits per heavy atom. The van der Waals surface area contributed by atoms with Gasteiger partial charge in [-0.05, 0) is 93.9 Å².